The molecular weight excluding hydrogens is 973 g/mol. The largest absolute Gasteiger partial charge is 0.462 e. The number of esters is 3. The number of ether oxygens (including phenoxy) is 3. The lowest BCUT2D eigenvalue weighted by molar-refractivity contribution is -0.167. The van der Waals surface area contributed by atoms with Crippen molar-refractivity contribution in [2.75, 3.05) is 13.2 Å². The minimum atomic E-state index is -0.781. The summed E-state index contributed by atoms with van der Waals surface area (Å²) in [6.07, 6.45) is 86.8. The molecule has 0 amide bonds. The zero-order valence-corrected chi connectivity index (χ0v) is 52.9. The molecule has 6 heteroatoms. The predicted molar refractivity (Wildman–Crippen MR) is 344 cm³/mol. The van der Waals surface area contributed by atoms with Crippen LogP contribution in [0.3, 0.4) is 0 Å². The van der Waals surface area contributed by atoms with E-state index >= 15 is 0 Å². The fraction of sp³-hybridized carbons (Fsp3) is 0.822. The van der Waals surface area contributed by atoms with Crippen molar-refractivity contribution >= 4 is 17.9 Å². The molecule has 1 unspecified atom stereocenters. The van der Waals surface area contributed by atoms with Crippen LogP contribution in [0, 0.1) is 0 Å². The molecule has 0 aliphatic rings. The summed E-state index contributed by atoms with van der Waals surface area (Å²) in [5.41, 5.74) is 0. The van der Waals surface area contributed by atoms with Crippen LogP contribution in [0.4, 0.5) is 0 Å². The zero-order valence-electron chi connectivity index (χ0n) is 52.9. The van der Waals surface area contributed by atoms with Crippen LogP contribution >= 0.6 is 0 Å². The van der Waals surface area contributed by atoms with Crippen molar-refractivity contribution in [3.8, 4) is 0 Å². The van der Waals surface area contributed by atoms with Gasteiger partial charge >= 0.3 is 17.9 Å². The summed E-state index contributed by atoms with van der Waals surface area (Å²) in [7, 11) is 0. The second kappa shape index (κ2) is 67.6. The first-order chi connectivity index (χ1) is 39.0. The third-order valence-corrected chi connectivity index (χ3v) is 15.5. The molecule has 0 aliphatic heterocycles. The van der Waals surface area contributed by atoms with Crippen molar-refractivity contribution in [3.63, 3.8) is 0 Å². The molecule has 0 bridgehead atoms. The lowest BCUT2D eigenvalue weighted by Gasteiger charge is -2.18. The number of hydrogen-bond donors (Lipinski definition) is 0. The third kappa shape index (κ3) is 65.8. The number of unbranched alkanes of at least 4 members (excludes halogenated alkanes) is 43. The molecule has 6 nitrogen and oxygen atoms in total. The van der Waals surface area contributed by atoms with E-state index in [-0.39, 0.29) is 31.1 Å². The zero-order chi connectivity index (χ0) is 57.1. The molecule has 1 atom stereocenters. The van der Waals surface area contributed by atoms with Crippen LogP contribution < -0.4 is 0 Å². The lowest BCUT2D eigenvalue weighted by Crippen LogP contribution is -2.30. The van der Waals surface area contributed by atoms with Gasteiger partial charge in [0.2, 0.25) is 0 Å². The van der Waals surface area contributed by atoms with Crippen LogP contribution in [0.2, 0.25) is 0 Å². The quantitative estimate of drug-likeness (QED) is 0.0261. The normalized spacial score (nSPS) is 12.4. The molecule has 0 N–H and O–H groups in total. The standard InChI is InChI=1S/C73H132O6/c1-4-7-10-13-16-19-22-25-28-29-30-31-32-33-34-35-36-37-38-39-40-41-42-43-46-48-51-54-57-60-63-66-72(75)78-69-70(79-73(76)67-64-61-58-55-52-49-45-27-24-21-18-15-12-9-6-3)68-77-71(74)65-62-59-56-53-50-47-44-26-23-20-17-14-11-8-5-2/h9,12,18,21-22,25,27,29-30,45,70H,4-8,10-11,13-17,19-20,23-24,26,28,31-44,46-69H2,1-3H3/b12-9-,21-18-,25-22-,30-29-,45-27-. The van der Waals surface area contributed by atoms with Gasteiger partial charge in [-0.15, -0.1) is 0 Å². The van der Waals surface area contributed by atoms with Crippen molar-refractivity contribution in [3.05, 3.63) is 60.8 Å². The summed E-state index contributed by atoms with van der Waals surface area (Å²) in [5.74, 6) is -0.870. The fourth-order valence-corrected chi connectivity index (χ4v) is 10.3. The summed E-state index contributed by atoms with van der Waals surface area (Å²) >= 11 is 0. The van der Waals surface area contributed by atoms with E-state index in [4.69, 9.17) is 14.2 Å². The molecule has 0 rings (SSSR count). The Balaban J connectivity index is 4.17. The van der Waals surface area contributed by atoms with Crippen LogP contribution in [0.1, 0.15) is 367 Å². The molecule has 0 aliphatic carbocycles. The van der Waals surface area contributed by atoms with Crippen molar-refractivity contribution in [1.82, 2.24) is 0 Å². The smallest absolute Gasteiger partial charge is 0.306 e. The topological polar surface area (TPSA) is 78.9 Å². The van der Waals surface area contributed by atoms with E-state index in [2.05, 4.69) is 81.5 Å². The molecule has 0 radical (unpaired) electrons. The maximum Gasteiger partial charge on any atom is 0.306 e. The van der Waals surface area contributed by atoms with Gasteiger partial charge in [-0.05, 0) is 83.5 Å². The van der Waals surface area contributed by atoms with E-state index in [9.17, 15) is 14.4 Å². The Labute approximate surface area is 491 Å². The highest BCUT2D eigenvalue weighted by Crippen LogP contribution is 2.18. The number of hydrogen-bond acceptors (Lipinski definition) is 6. The number of allylic oxidation sites excluding steroid dienone is 10. The van der Waals surface area contributed by atoms with Gasteiger partial charge in [-0.3, -0.25) is 14.4 Å². The lowest BCUT2D eigenvalue weighted by atomic mass is 10.0. The van der Waals surface area contributed by atoms with Gasteiger partial charge in [0.15, 0.2) is 6.10 Å². The third-order valence-electron chi connectivity index (χ3n) is 15.5. The van der Waals surface area contributed by atoms with E-state index in [0.29, 0.717) is 19.3 Å². The Morgan fingerprint density at radius 1 is 0.266 bits per heavy atom. The maximum atomic E-state index is 12.9. The average Bonchev–Trinajstić information content (AvgIpc) is 3.45. The van der Waals surface area contributed by atoms with Crippen LogP contribution in [-0.4, -0.2) is 37.2 Å². The summed E-state index contributed by atoms with van der Waals surface area (Å²) in [4.78, 5) is 38.4. The van der Waals surface area contributed by atoms with Crippen LogP contribution in [0.15, 0.2) is 60.8 Å². The first-order valence-electron chi connectivity index (χ1n) is 34.8. The highest BCUT2D eigenvalue weighted by molar-refractivity contribution is 5.71. The molecule has 0 aromatic carbocycles. The molecule has 0 spiro atoms. The van der Waals surface area contributed by atoms with Crippen molar-refractivity contribution in [1.29, 1.82) is 0 Å². The fourth-order valence-electron chi connectivity index (χ4n) is 10.3. The highest BCUT2D eigenvalue weighted by atomic mass is 16.6. The number of carbonyl (C=O) groups excluding carboxylic acids is 3. The Kier molecular flexibility index (Phi) is 65.1. The average molecular weight is 1110 g/mol. The van der Waals surface area contributed by atoms with E-state index in [1.807, 2.05) is 0 Å². The van der Waals surface area contributed by atoms with Gasteiger partial charge < -0.3 is 14.2 Å². The van der Waals surface area contributed by atoms with Gasteiger partial charge in [-0.25, -0.2) is 0 Å². The van der Waals surface area contributed by atoms with E-state index < -0.39 is 6.10 Å². The number of rotatable bonds is 64. The second-order valence-corrected chi connectivity index (χ2v) is 23.4. The molecule has 0 saturated carbocycles. The molecule has 79 heavy (non-hydrogen) atoms. The van der Waals surface area contributed by atoms with Crippen LogP contribution in [-0.2, 0) is 28.6 Å². The summed E-state index contributed by atoms with van der Waals surface area (Å²) in [5, 5.41) is 0. The Morgan fingerprint density at radius 3 is 0.772 bits per heavy atom. The molecule has 0 aromatic rings. The monoisotopic (exact) mass is 1110 g/mol. The maximum absolute atomic E-state index is 12.9. The summed E-state index contributed by atoms with van der Waals surface area (Å²) < 4.78 is 17.0. The van der Waals surface area contributed by atoms with Gasteiger partial charge in [0.1, 0.15) is 13.2 Å². The van der Waals surface area contributed by atoms with Crippen molar-refractivity contribution in [2.45, 2.75) is 374 Å². The second-order valence-electron chi connectivity index (χ2n) is 23.4. The van der Waals surface area contributed by atoms with Gasteiger partial charge in [-0.2, -0.15) is 0 Å². The highest BCUT2D eigenvalue weighted by Gasteiger charge is 2.19. The summed E-state index contributed by atoms with van der Waals surface area (Å²) in [6.45, 7) is 6.56. The van der Waals surface area contributed by atoms with Crippen molar-refractivity contribution < 1.29 is 28.6 Å². The molecule has 0 saturated heterocycles. The van der Waals surface area contributed by atoms with Crippen molar-refractivity contribution in [2.24, 2.45) is 0 Å². The van der Waals surface area contributed by atoms with Crippen LogP contribution in [0.25, 0.3) is 0 Å². The minimum Gasteiger partial charge on any atom is -0.462 e. The molecule has 0 heterocycles. The van der Waals surface area contributed by atoms with Gasteiger partial charge in [-0.1, -0.05) is 326 Å². The SMILES string of the molecule is CC/C=C\C/C=C\C/C=C\CCCCCCCC(=O)OC(COC(=O)CCCCCCCCCCCCCCCCC)COC(=O)CCCCCCCCCCCCCCCCCCCCC/C=C\C/C=C\CCCCCCC. The first-order valence-corrected chi connectivity index (χ1v) is 34.8. The first kappa shape index (κ1) is 76.1. The number of carbonyl (C=O) groups is 3. The minimum absolute atomic E-state index is 0.0763. The Morgan fingerprint density at radius 2 is 0.494 bits per heavy atom. The molecular formula is C73H132O6. The Bertz CT molecular complexity index is 1410. The van der Waals surface area contributed by atoms with Gasteiger partial charge in [0.25, 0.3) is 0 Å². The van der Waals surface area contributed by atoms with E-state index in [0.717, 1.165) is 103 Å². The van der Waals surface area contributed by atoms with E-state index in [1.54, 1.807) is 0 Å². The molecule has 0 aromatic heterocycles. The molecule has 0 fully saturated rings. The predicted octanol–water partition coefficient (Wildman–Crippen LogP) is 23.9. The summed E-state index contributed by atoms with van der Waals surface area (Å²) in [6, 6.07) is 0. The van der Waals surface area contributed by atoms with Gasteiger partial charge in [0.05, 0.1) is 0 Å². The van der Waals surface area contributed by atoms with Crippen LogP contribution in [0.5, 0.6) is 0 Å². The van der Waals surface area contributed by atoms with Gasteiger partial charge in [0, 0.05) is 19.3 Å². The molecule has 460 valence electrons. The Hall–Kier alpha value is -2.89. The van der Waals surface area contributed by atoms with E-state index in [1.165, 1.54) is 225 Å².